The van der Waals surface area contributed by atoms with Gasteiger partial charge in [-0.3, -0.25) is 4.98 Å². The topological polar surface area (TPSA) is 60.8 Å². The summed E-state index contributed by atoms with van der Waals surface area (Å²) in [6.45, 7) is 0. The van der Waals surface area contributed by atoms with Gasteiger partial charge in [-0.25, -0.2) is 4.98 Å². The molecule has 0 amide bonds. The van der Waals surface area contributed by atoms with Crippen molar-refractivity contribution in [3.05, 3.63) is 36.9 Å². The SMILES string of the molecule is c1cnnc(Oc2cnccn2)c1. The molecule has 0 saturated heterocycles. The minimum atomic E-state index is 0.406. The summed E-state index contributed by atoms with van der Waals surface area (Å²) in [6, 6.07) is 3.43. The molecular weight excluding hydrogens is 168 g/mol. The van der Waals surface area contributed by atoms with E-state index in [9.17, 15) is 0 Å². The summed E-state index contributed by atoms with van der Waals surface area (Å²) in [5.41, 5.74) is 0. The lowest BCUT2D eigenvalue weighted by Crippen LogP contribution is -1.91. The van der Waals surface area contributed by atoms with Crippen LogP contribution in [0.5, 0.6) is 11.8 Å². The molecule has 0 bridgehead atoms. The number of ether oxygens (including phenoxy) is 1. The highest BCUT2D eigenvalue weighted by Crippen LogP contribution is 2.12. The molecule has 0 N–H and O–H groups in total. The Morgan fingerprint density at radius 1 is 1.08 bits per heavy atom. The van der Waals surface area contributed by atoms with Gasteiger partial charge in [0.15, 0.2) is 0 Å². The van der Waals surface area contributed by atoms with Gasteiger partial charge in [-0.05, 0) is 6.07 Å². The Kier molecular flexibility index (Phi) is 2.09. The summed E-state index contributed by atoms with van der Waals surface area (Å²) in [7, 11) is 0. The van der Waals surface area contributed by atoms with Crippen LogP contribution in [-0.2, 0) is 0 Å². The molecule has 0 saturated carbocycles. The quantitative estimate of drug-likeness (QED) is 0.681. The second-order valence-electron chi connectivity index (χ2n) is 2.21. The smallest absolute Gasteiger partial charge is 0.240 e. The second-order valence-corrected chi connectivity index (χ2v) is 2.21. The van der Waals surface area contributed by atoms with Crippen molar-refractivity contribution in [2.45, 2.75) is 0 Å². The molecule has 0 fully saturated rings. The molecule has 2 aromatic rings. The van der Waals surface area contributed by atoms with Crippen molar-refractivity contribution in [3.8, 4) is 11.8 Å². The standard InChI is InChI=1S/C8H6N4O/c1-2-7(12-11-3-1)13-8-6-9-4-5-10-8/h1-6H. The lowest BCUT2D eigenvalue weighted by atomic mass is 10.6. The van der Waals surface area contributed by atoms with Crippen LogP contribution in [0.1, 0.15) is 0 Å². The van der Waals surface area contributed by atoms with Crippen molar-refractivity contribution in [1.82, 2.24) is 20.2 Å². The highest BCUT2D eigenvalue weighted by molar-refractivity contribution is 5.14. The van der Waals surface area contributed by atoms with E-state index in [0.717, 1.165) is 0 Å². The highest BCUT2D eigenvalue weighted by atomic mass is 16.5. The predicted octanol–water partition coefficient (Wildman–Crippen LogP) is 1.06. The summed E-state index contributed by atoms with van der Waals surface area (Å²) in [4.78, 5) is 7.77. The van der Waals surface area contributed by atoms with Gasteiger partial charge in [-0.15, -0.1) is 5.10 Å². The second kappa shape index (κ2) is 3.57. The van der Waals surface area contributed by atoms with Gasteiger partial charge in [-0.1, -0.05) is 0 Å². The molecule has 0 radical (unpaired) electrons. The van der Waals surface area contributed by atoms with Crippen LogP contribution in [0.3, 0.4) is 0 Å². The number of aromatic nitrogens is 4. The average molecular weight is 174 g/mol. The summed E-state index contributed by atoms with van der Waals surface area (Å²) < 4.78 is 5.23. The molecule has 0 spiro atoms. The monoisotopic (exact) mass is 174 g/mol. The Hall–Kier alpha value is -2.04. The predicted molar refractivity (Wildman–Crippen MR) is 44.1 cm³/mol. The molecule has 5 heteroatoms. The van der Waals surface area contributed by atoms with Crippen LogP contribution >= 0.6 is 0 Å². The lowest BCUT2D eigenvalue weighted by molar-refractivity contribution is 0.435. The molecule has 13 heavy (non-hydrogen) atoms. The van der Waals surface area contributed by atoms with Crippen molar-refractivity contribution in [1.29, 1.82) is 0 Å². The van der Waals surface area contributed by atoms with E-state index in [4.69, 9.17) is 4.74 Å². The summed E-state index contributed by atoms with van der Waals surface area (Å²) in [5.74, 6) is 0.811. The molecule has 0 aliphatic heterocycles. The molecule has 0 aliphatic carbocycles. The third-order valence-electron chi connectivity index (χ3n) is 1.30. The summed E-state index contributed by atoms with van der Waals surface area (Å²) in [5, 5.41) is 7.39. The van der Waals surface area contributed by atoms with Crippen LogP contribution in [0.25, 0.3) is 0 Å². The van der Waals surface area contributed by atoms with Gasteiger partial charge in [0.25, 0.3) is 0 Å². The van der Waals surface area contributed by atoms with Gasteiger partial charge in [0.05, 0.1) is 6.20 Å². The third kappa shape index (κ3) is 1.96. The van der Waals surface area contributed by atoms with E-state index < -0.39 is 0 Å². The number of nitrogens with zero attached hydrogens (tertiary/aromatic N) is 4. The molecule has 0 aliphatic rings. The average Bonchev–Trinajstić information content (AvgIpc) is 2.21. The Labute approximate surface area is 74.4 Å². The minimum absolute atomic E-state index is 0.406. The van der Waals surface area contributed by atoms with Gasteiger partial charge in [0, 0.05) is 24.7 Å². The summed E-state index contributed by atoms with van der Waals surface area (Å²) >= 11 is 0. The highest BCUT2D eigenvalue weighted by Gasteiger charge is 1.97. The first-order valence-electron chi connectivity index (χ1n) is 3.67. The van der Waals surface area contributed by atoms with Gasteiger partial charge < -0.3 is 4.74 Å². The van der Waals surface area contributed by atoms with Crippen molar-refractivity contribution < 1.29 is 4.74 Å². The third-order valence-corrected chi connectivity index (χ3v) is 1.30. The van der Waals surface area contributed by atoms with Crippen LogP contribution in [0, 0.1) is 0 Å². The zero-order chi connectivity index (χ0) is 8.93. The number of hydrogen-bond donors (Lipinski definition) is 0. The van der Waals surface area contributed by atoms with Crippen molar-refractivity contribution in [3.63, 3.8) is 0 Å². The van der Waals surface area contributed by atoms with Crippen molar-refractivity contribution in [2.24, 2.45) is 0 Å². The van der Waals surface area contributed by atoms with E-state index in [1.807, 2.05) is 0 Å². The van der Waals surface area contributed by atoms with Gasteiger partial charge in [0.2, 0.25) is 11.8 Å². The van der Waals surface area contributed by atoms with Gasteiger partial charge in [0.1, 0.15) is 0 Å². The fourth-order valence-electron chi connectivity index (χ4n) is 0.787. The first kappa shape index (κ1) is 7.60. The van der Waals surface area contributed by atoms with Crippen molar-refractivity contribution >= 4 is 0 Å². The number of rotatable bonds is 2. The Bertz CT molecular complexity index is 327. The van der Waals surface area contributed by atoms with Gasteiger partial charge in [-0.2, -0.15) is 5.10 Å². The molecular formula is C8H6N4O. The van der Waals surface area contributed by atoms with E-state index in [2.05, 4.69) is 20.2 Å². The zero-order valence-corrected chi connectivity index (χ0v) is 6.66. The van der Waals surface area contributed by atoms with Crippen LogP contribution in [0.15, 0.2) is 36.9 Å². The molecule has 2 rings (SSSR count). The first-order chi connectivity index (χ1) is 6.45. The zero-order valence-electron chi connectivity index (χ0n) is 6.66. The van der Waals surface area contributed by atoms with E-state index >= 15 is 0 Å². The van der Waals surface area contributed by atoms with E-state index in [0.29, 0.717) is 11.8 Å². The van der Waals surface area contributed by atoms with E-state index in [1.165, 1.54) is 6.20 Å². The van der Waals surface area contributed by atoms with Crippen LogP contribution < -0.4 is 4.74 Å². The molecule has 0 aromatic carbocycles. The maximum Gasteiger partial charge on any atom is 0.240 e. The maximum atomic E-state index is 5.23. The maximum absolute atomic E-state index is 5.23. The molecule has 2 aromatic heterocycles. The normalized spacial score (nSPS) is 9.54. The molecule has 2 heterocycles. The lowest BCUT2D eigenvalue weighted by Gasteiger charge is -1.99. The Morgan fingerprint density at radius 3 is 2.77 bits per heavy atom. The Balaban J connectivity index is 2.16. The van der Waals surface area contributed by atoms with Crippen LogP contribution in [0.4, 0.5) is 0 Å². The molecule has 64 valence electrons. The summed E-state index contributed by atoms with van der Waals surface area (Å²) in [6.07, 6.45) is 6.20. The van der Waals surface area contributed by atoms with E-state index in [-0.39, 0.29) is 0 Å². The van der Waals surface area contributed by atoms with Crippen molar-refractivity contribution in [2.75, 3.05) is 0 Å². The van der Waals surface area contributed by atoms with Crippen LogP contribution in [0.2, 0.25) is 0 Å². The van der Waals surface area contributed by atoms with Crippen LogP contribution in [-0.4, -0.2) is 20.2 Å². The largest absolute Gasteiger partial charge is 0.417 e. The van der Waals surface area contributed by atoms with Gasteiger partial charge >= 0.3 is 0 Å². The van der Waals surface area contributed by atoms with E-state index in [1.54, 1.807) is 30.7 Å². The fraction of sp³-hybridized carbons (Fsp3) is 0. The molecule has 0 atom stereocenters. The molecule has 5 nitrogen and oxygen atoms in total. The fourth-order valence-corrected chi connectivity index (χ4v) is 0.787. The minimum Gasteiger partial charge on any atom is -0.417 e. The number of hydrogen-bond acceptors (Lipinski definition) is 5. The molecule has 0 unspecified atom stereocenters. The Morgan fingerprint density at radius 2 is 2.08 bits per heavy atom. The first-order valence-corrected chi connectivity index (χ1v) is 3.67.